The molecule has 3 N–H and O–H groups in total. The van der Waals surface area contributed by atoms with Crippen molar-refractivity contribution in [1.82, 2.24) is 0 Å². The molecule has 3 heteroatoms. The maximum atomic E-state index is 11.0. The molecule has 1 rings (SSSR count). The lowest BCUT2D eigenvalue weighted by molar-refractivity contribution is -0.141. The summed E-state index contributed by atoms with van der Waals surface area (Å²) in [7, 11) is 0. The van der Waals surface area contributed by atoms with Gasteiger partial charge in [0.15, 0.2) is 0 Å². The first kappa shape index (κ1) is 9.99. The lowest BCUT2D eigenvalue weighted by Gasteiger charge is -2.19. The predicted molar refractivity (Wildman–Crippen MR) is 51.3 cm³/mol. The van der Waals surface area contributed by atoms with E-state index in [1.807, 2.05) is 19.9 Å². The Kier molecular flexibility index (Phi) is 2.57. The van der Waals surface area contributed by atoms with Crippen molar-refractivity contribution >= 4 is 5.97 Å². The van der Waals surface area contributed by atoms with Gasteiger partial charge < -0.3 is 10.8 Å². The van der Waals surface area contributed by atoms with Gasteiger partial charge in [-0.2, -0.15) is 0 Å². The molecule has 0 spiro atoms. The lowest BCUT2D eigenvalue weighted by atomic mass is 9.92. The van der Waals surface area contributed by atoms with Gasteiger partial charge in [0.25, 0.3) is 0 Å². The van der Waals surface area contributed by atoms with Crippen molar-refractivity contribution in [2.75, 3.05) is 0 Å². The smallest absolute Gasteiger partial charge is 0.328 e. The highest BCUT2D eigenvalue weighted by Crippen LogP contribution is 2.37. The van der Waals surface area contributed by atoms with Crippen molar-refractivity contribution in [3.05, 3.63) is 23.3 Å². The summed E-state index contributed by atoms with van der Waals surface area (Å²) in [6, 6.07) is 0. The molecular weight excluding hydrogens is 166 g/mol. The summed E-state index contributed by atoms with van der Waals surface area (Å²) in [5.74, 6) is -0.933. The number of hydrogen-bond acceptors (Lipinski definition) is 2. The molecule has 72 valence electrons. The van der Waals surface area contributed by atoms with Crippen LogP contribution >= 0.6 is 0 Å². The first-order valence-corrected chi connectivity index (χ1v) is 4.41. The Hall–Kier alpha value is -1.09. The van der Waals surface area contributed by atoms with Crippen LogP contribution in [0.3, 0.4) is 0 Å². The van der Waals surface area contributed by atoms with Gasteiger partial charge in [-0.15, -0.1) is 0 Å². The molecule has 1 atom stereocenters. The molecule has 1 aliphatic rings. The van der Waals surface area contributed by atoms with E-state index in [2.05, 4.69) is 0 Å². The van der Waals surface area contributed by atoms with Crippen LogP contribution in [0, 0.1) is 0 Å². The molecule has 1 aliphatic carbocycles. The predicted octanol–water partition coefficient (Wildman–Crippen LogP) is 1.45. The van der Waals surface area contributed by atoms with Gasteiger partial charge in [-0.3, -0.25) is 0 Å². The fraction of sp³-hybridized carbons (Fsp3) is 0.500. The van der Waals surface area contributed by atoms with Crippen molar-refractivity contribution in [2.45, 2.75) is 32.2 Å². The number of carboxylic acid groups (broad SMARTS) is 1. The van der Waals surface area contributed by atoms with E-state index in [1.165, 1.54) is 0 Å². The van der Waals surface area contributed by atoms with Gasteiger partial charge in [-0.1, -0.05) is 12.2 Å². The number of allylic oxidation sites excluding steroid dienone is 2. The molecule has 0 aromatic carbocycles. The maximum Gasteiger partial charge on any atom is 0.328 e. The lowest BCUT2D eigenvalue weighted by Crippen LogP contribution is -2.46. The second-order valence-electron chi connectivity index (χ2n) is 3.29. The van der Waals surface area contributed by atoms with Gasteiger partial charge in [0.1, 0.15) is 5.54 Å². The van der Waals surface area contributed by atoms with E-state index in [4.69, 9.17) is 10.8 Å². The molecule has 0 amide bonds. The molecule has 1 fully saturated rings. The minimum absolute atomic E-state index is 0.502. The average Bonchev–Trinajstić information content (AvgIpc) is 2.43. The van der Waals surface area contributed by atoms with Gasteiger partial charge in [0.05, 0.1) is 0 Å². The molecule has 0 radical (unpaired) electrons. The van der Waals surface area contributed by atoms with Crippen LogP contribution in [0.25, 0.3) is 0 Å². The number of hydrogen-bond donors (Lipinski definition) is 2. The number of carboxylic acids is 1. The monoisotopic (exact) mass is 181 g/mol. The SMILES string of the molecule is C/C=C1/CCC(N)(C(=O)O)/C1=C/C. The van der Waals surface area contributed by atoms with Crippen molar-refractivity contribution in [1.29, 1.82) is 0 Å². The zero-order valence-electron chi connectivity index (χ0n) is 8.00. The minimum Gasteiger partial charge on any atom is -0.480 e. The maximum absolute atomic E-state index is 11.0. The Bertz CT molecular complexity index is 291. The third kappa shape index (κ3) is 1.40. The number of nitrogens with two attached hydrogens (primary N) is 1. The van der Waals surface area contributed by atoms with E-state index in [1.54, 1.807) is 6.08 Å². The zero-order chi connectivity index (χ0) is 10.1. The average molecular weight is 181 g/mol. The largest absolute Gasteiger partial charge is 0.480 e. The number of rotatable bonds is 1. The Morgan fingerprint density at radius 1 is 1.54 bits per heavy atom. The third-order valence-electron chi connectivity index (χ3n) is 2.63. The van der Waals surface area contributed by atoms with E-state index >= 15 is 0 Å². The standard InChI is InChI=1S/C10H15NO2/c1-3-7-5-6-10(11,9(12)13)8(7)4-2/h3-4H,5-6,11H2,1-2H3,(H,12,13)/b7-3-,8-4+. The van der Waals surface area contributed by atoms with Gasteiger partial charge in [-0.05, 0) is 37.8 Å². The summed E-state index contributed by atoms with van der Waals surface area (Å²) in [5, 5.41) is 8.99. The van der Waals surface area contributed by atoms with Gasteiger partial charge in [-0.25, -0.2) is 4.79 Å². The molecule has 13 heavy (non-hydrogen) atoms. The molecule has 0 aromatic heterocycles. The fourth-order valence-electron chi connectivity index (χ4n) is 1.85. The Morgan fingerprint density at radius 3 is 2.54 bits per heavy atom. The molecule has 0 bridgehead atoms. The molecule has 0 heterocycles. The van der Waals surface area contributed by atoms with Gasteiger partial charge in [0.2, 0.25) is 0 Å². The van der Waals surface area contributed by atoms with Crippen LogP contribution in [0.5, 0.6) is 0 Å². The topological polar surface area (TPSA) is 63.3 Å². The van der Waals surface area contributed by atoms with Crippen molar-refractivity contribution < 1.29 is 9.90 Å². The van der Waals surface area contributed by atoms with Crippen molar-refractivity contribution in [3.8, 4) is 0 Å². The molecular formula is C10H15NO2. The summed E-state index contributed by atoms with van der Waals surface area (Å²) in [6.07, 6.45) is 5.00. The molecule has 1 unspecified atom stereocenters. The quantitative estimate of drug-likeness (QED) is 0.643. The highest BCUT2D eigenvalue weighted by Gasteiger charge is 2.43. The van der Waals surface area contributed by atoms with Gasteiger partial charge >= 0.3 is 5.97 Å². The van der Waals surface area contributed by atoms with E-state index < -0.39 is 11.5 Å². The highest BCUT2D eigenvalue weighted by atomic mass is 16.4. The first-order valence-electron chi connectivity index (χ1n) is 4.41. The van der Waals surface area contributed by atoms with Crippen LogP contribution in [0.4, 0.5) is 0 Å². The fourth-order valence-corrected chi connectivity index (χ4v) is 1.85. The number of aliphatic carboxylic acids is 1. The van der Waals surface area contributed by atoms with E-state index in [9.17, 15) is 4.79 Å². The Morgan fingerprint density at radius 2 is 2.15 bits per heavy atom. The van der Waals surface area contributed by atoms with Crippen molar-refractivity contribution in [2.24, 2.45) is 5.73 Å². The second-order valence-corrected chi connectivity index (χ2v) is 3.29. The Balaban J connectivity index is 3.13. The van der Waals surface area contributed by atoms with Crippen LogP contribution in [-0.4, -0.2) is 16.6 Å². The van der Waals surface area contributed by atoms with E-state index in [0.717, 1.165) is 17.6 Å². The minimum atomic E-state index is -1.16. The summed E-state index contributed by atoms with van der Waals surface area (Å²) >= 11 is 0. The molecule has 1 saturated carbocycles. The van der Waals surface area contributed by atoms with Crippen LogP contribution in [-0.2, 0) is 4.79 Å². The molecule has 3 nitrogen and oxygen atoms in total. The van der Waals surface area contributed by atoms with Crippen LogP contribution in [0.1, 0.15) is 26.7 Å². The number of carbonyl (C=O) groups is 1. The first-order chi connectivity index (χ1) is 6.06. The Labute approximate surface area is 77.9 Å². The summed E-state index contributed by atoms with van der Waals surface area (Å²) in [4.78, 5) is 11.0. The normalized spacial score (nSPS) is 34.4. The van der Waals surface area contributed by atoms with Crippen LogP contribution < -0.4 is 5.73 Å². The van der Waals surface area contributed by atoms with E-state index in [-0.39, 0.29) is 0 Å². The summed E-state index contributed by atoms with van der Waals surface area (Å²) in [6.45, 7) is 3.74. The van der Waals surface area contributed by atoms with Crippen LogP contribution in [0.2, 0.25) is 0 Å². The summed E-state index contributed by atoms with van der Waals surface area (Å²) < 4.78 is 0. The second kappa shape index (κ2) is 3.34. The van der Waals surface area contributed by atoms with E-state index in [0.29, 0.717) is 6.42 Å². The van der Waals surface area contributed by atoms with Crippen LogP contribution in [0.15, 0.2) is 23.3 Å². The van der Waals surface area contributed by atoms with Crippen molar-refractivity contribution in [3.63, 3.8) is 0 Å². The molecule has 0 aliphatic heterocycles. The molecule has 0 saturated heterocycles. The third-order valence-corrected chi connectivity index (χ3v) is 2.63. The zero-order valence-corrected chi connectivity index (χ0v) is 8.00. The molecule has 0 aromatic rings. The highest BCUT2D eigenvalue weighted by molar-refractivity contribution is 5.86. The summed E-state index contributed by atoms with van der Waals surface area (Å²) in [5.41, 5.74) is 6.49. The van der Waals surface area contributed by atoms with Gasteiger partial charge in [0, 0.05) is 0 Å².